The zero-order chi connectivity index (χ0) is 34.6. The number of rotatable bonds is 5. The van der Waals surface area contributed by atoms with Gasteiger partial charge >= 0.3 is 0 Å². The van der Waals surface area contributed by atoms with Gasteiger partial charge in [-0.15, -0.1) is 0 Å². The summed E-state index contributed by atoms with van der Waals surface area (Å²) >= 11 is 0. The van der Waals surface area contributed by atoms with Crippen molar-refractivity contribution in [2.24, 2.45) is 0 Å². The molecule has 52 heavy (non-hydrogen) atoms. The molecule has 3 heterocycles. The highest BCUT2D eigenvalue weighted by Crippen LogP contribution is 2.38. The molecule has 10 rings (SSSR count). The van der Waals surface area contributed by atoms with Gasteiger partial charge in [-0.1, -0.05) is 115 Å². The van der Waals surface area contributed by atoms with Crippen LogP contribution >= 0.6 is 0 Å². The molecule has 0 aliphatic heterocycles. The highest BCUT2D eigenvalue weighted by atomic mass is 15.0. The molecule has 0 aliphatic rings. The molecule has 242 valence electrons. The molecule has 0 spiro atoms. The van der Waals surface area contributed by atoms with Crippen LogP contribution in [0, 0.1) is 11.3 Å². The van der Waals surface area contributed by atoms with Crippen LogP contribution in [0.1, 0.15) is 5.56 Å². The van der Waals surface area contributed by atoms with Crippen LogP contribution in [-0.4, -0.2) is 24.1 Å². The number of fused-ring (bicyclic) bond motifs is 6. The summed E-state index contributed by atoms with van der Waals surface area (Å²) < 4.78 is 4.53. The molecule has 0 saturated carbocycles. The Bertz CT molecular complexity index is 2910. The Kier molecular flexibility index (Phi) is 6.76. The van der Waals surface area contributed by atoms with E-state index < -0.39 is 0 Å². The van der Waals surface area contributed by atoms with Gasteiger partial charge in [-0.25, -0.2) is 15.0 Å². The number of aromatic nitrogens is 5. The van der Waals surface area contributed by atoms with Gasteiger partial charge in [0.05, 0.1) is 33.3 Å². The molecule has 3 aromatic heterocycles. The second kappa shape index (κ2) is 11.9. The van der Waals surface area contributed by atoms with Crippen LogP contribution in [0.15, 0.2) is 170 Å². The summed E-state index contributed by atoms with van der Waals surface area (Å²) in [7, 11) is 0. The first kappa shape index (κ1) is 29.5. The van der Waals surface area contributed by atoms with Crippen molar-refractivity contribution in [3.8, 4) is 51.6 Å². The molecule has 0 fully saturated rings. The zero-order valence-corrected chi connectivity index (χ0v) is 27.8. The lowest BCUT2D eigenvalue weighted by Gasteiger charge is -2.13. The molecule has 0 amide bonds. The maximum Gasteiger partial charge on any atom is 0.164 e. The molecule has 0 saturated heterocycles. The zero-order valence-electron chi connectivity index (χ0n) is 27.8. The van der Waals surface area contributed by atoms with Gasteiger partial charge in [0, 0.05) is 43.9 Å². The minimum atomic E-state index is 0.535. The van der Waals surface area contributed by atoms with Gasteiger partial charge in [0.1, 0.15) is 6.07 Å². The van der Waals surface area contributed by atoms with Crippen molar-refractivity contribution in [2.45, 2.75) is 0 Å². The van der Waals surface area contributed by atoms with E-state index in [2.05, 4.69) is 100 Å². The van der Waals surface area contributed by atoms with E-state index in [0.717, 1.165) is 60.9 Å². The Labute approximate surface area is 299 Å². The summed E-state index contributed by atoms with van der Waals surface area (Å²) in [5.41, 5.74) is 9.32. The summed E-state index contributed by atoms with van der Waals surface area (Å²) in [6, 6.07) is 60.3. The van der Waals surface area contributed by atoms with Crippen molar-refractivity contribution in [3.05, 3.63) is 175 Å². The molecule has 7 aromatic carbocycles. The number of nitriles is 1. The fourth-order valence-electron chi connectivity index (χ4n) is 7.45. The third-order valence-corrected chi connectivity index (χ3v) is 9.81. The molecule has 0 aliphatic carbocycles. The average molecular weight is 665 g/mol. The fourth-order valence-corrected chi connectivity index (χ4v) is 7.45. The van der Waals surface area contributed by atoms with Gasteiger partial charge in [0.25, 0.3) is 0 Å². The lowest BCUT2D eigenvalue weighted by atomic mass is 10.1. The van der Waals surface area contributed by atoms with Crippen LogP contribution in [0.2, 0.25) is 0 Å². The van der Waals surface area contributed by atoms with E-state index in [9.17, 15) is 5.26 Å². The quantitative estimate of drug-likeness (QED) is 0.184. The predicted octanol–water partition coefficient (Wildman–Crippen LogP) is 10.9. The normalized spacial score (nSPS) is 11.4. The maximum atomic E-state index is 10.5. The predicted molar refractivity (Wildman–Crippen MR) is 210 cm³/mol. The average Bonchev–Trinajstić information content (AvgIpc) is 3.73. The Morgan fingerprint density at radius 1 is 0.385 bits per heavy atom. The van der Waals surface area contributed by atoms with E-state index in [1.54, 1.807) is 0 Å². The molecule has 10 aromatic rings. The van der Waals surface area contributed by atoms with Crippen LogP contribution < -0.4 is 0 Å². The minimum absolute atomic E-state index is 0.535. The third kappa shape index (κ3) is 4.68. The van der Waals surface area contributed by atoms with Crippen LogP contribution in [0.4, 0.5) is 0 Å². The largest absolute Gasteiger partial charge is 0.309 e. The standard InChI is InChI=1S/C46H28N6/c47-29-33-24-23-32(46-49-44(30-13-3-1-4-14-30)48-45(50-46)31-15-5-2-6-16-31)27-43(33)52-41-22-12-9-19-37(41)38-28-34(25-26-42(38)52)51-39-20-10-7-17-35(39)36-18-8-11-21-40(36)51/h1-28H. The number of hydrogen-bond acceptors (Lipinski definition) is 4. The first-order valence-corrected chi connectivity index (χ1v) is 17.2. The monoisotopic (exact) mass is 664 g/mol. The highest BCUT2D eigenvalue weighted by Gasteiger charge is 2.20. The van der Waals surface area contributed by atoms with Crippen molar-refractivity contribution < 1.29 is 0 Å². The summed E-state index contributed by atoms with van der Waals surface area (Å²) in [6.45, 7) is 0. The molecule has 0 atom stereocenters. The third-order valence-electron chi connectivity index (χ3n) is 9.81. The van der Waals surface area contributed by atoms with Gasteiger partial charge in [-0.2, -0.15) is 5.26 Å². The van der Waals surface area contributed by atoms with E-state index in [-0.39, 0.29) is 0 Å². The van der Waals surface area contributed by atoms with E-state index >= 15 is 0 Å². The lowest BCUT2D eigenvalue weighted by molar-refractivity contribution is 1.07. The highest BCUT2D eigenvalue weighted by molar-refractivity contribution is 6.12. The molecule has 0 N–H and O–H groups in total. The Morgan fingerprint density at radius 2 is 0.846 bits per heavy atom. The van der Waals surface area contributed by atoms with Crippen LogP contribution in [0.25, 0.3) is 89.2 Å². The fraction of sp³-hybridized carbons (Fsp3) is 0. The second-order valence-electron chi connectivity index (χ2n) is 12.8. The molecular weight excluding hydrogens is 637 g/mol. The SMILES string of the molecule is N#Cc1ccc(-c2nc(-c3ccccc3)nc(-c3ccccc3)n2)cc1-n1c2ccccc2c2cc(-n3c4ccccc4c4ccccc43)ccc21. The number of benzene rings is 7. The van der Waals surface area contributed by atoms with Crippen molar-refractivity contribution >= 4 is 43.6 Å². The molecule has 0 radical (unpaired) electrons. The van der Waals surface area contributed by atoms with Gasteiger partial charge < -0.3 is 9.13 Å². The van der Waals surface area contributed by atoms with Gasteiger partial charge in [0.15, 0.2) is 17.5 Å². The Morgan fingerprint density at radius 3 is 1.40 bits per heavy atom. The van der Waals surface area contributed by atoms with E-state index in [4.69, 9.17) is 15.0 Å². The number of para-hydroxylation sites is 3. The molecule has 0 unspecified atom stereocenters. The Balaban J connectivity index is 1.19. The van der Waals surface area contributed by atoms with Crippen LogP contribution in [0.3, 0.4) is 0 Å². The summed E-state index contributed by atoms with van der Waals surface area (Å²) in [4.78, 5) is 14.8. The lowest BCUT2D eigenvalue weighted by Crippen LogP contribution is -2.02. The number of nitrogens with zero attached hydrogens (tertiary/aromatic N) is 6. The van der Waals surface area contributed by atoms with E-state index in [1.807, 2.05) is 84.9 Å². The molecule has 6 nitrogen and oxygen atoms in total. The van der Waals surface area contributed by atoms with Crippen LogP contribution in [-0.2, 0) is 0 Å². The van der Waals surface area contributed by atoms with Gasteiger partial charge in [-0.3, -0.25) is 0 Å². The van der Waals surface area contributed by atoms with E-state index in [0.29, 0.717) is 23.0 Å². The van der Waals surface area contributed by atoms with E-state index in [1.165, 1.54) is 10.8 Å². The maximum absolute atomic E-state index is 10.5. The first-order valence-electron chi connectivity index (χ1n) is 17.2. The second-order valence-corrected chi connectivity index (χ2v) is 12.8. The number of hydrogen-bond donors (Lipinski definition) is 0. The van der Waals surface area contributed by atoms with Gasteiger partial charge in [0.2, 0.25) is 0 Å². The summed E-state index contributed by atoms with van der Waals surface area (Å²) in [6.07, 6.45) is 0. The summed E-state index contributed by atoms with van der Waals surface area (Å²) in [5, 5.41) is 15.1. The topological polar surface area (TPSA) is 72.3 Å². The van der Waals surface area contributed by atoms with Crippen molar-refractivity contribution in [2.75, 3.05) is 0 Å². The minimum Gasteiger partial charge on any atom is -0.309 e. The molecule has 6 heteroatoms. The summed E-state index contributed by atoms with van der Waals surface area (Å²) in [5.74, 6) is 1.71. The van der Waals surface area contributed by atoms with Crippen LogP contribution in [0.5, 0.6) is 0 Å². The van der Waals surface area contributed by atoms with Crippen molar-refractivity contribution in [1.82, 2.24) is 24.1 Å². The Hall–Kier alpha value is -7.36. The van der Waals surface area contributed by atoms with Crippen molar-refractivity contribution in [3.63, 3.8) is 0 Å². The molecular formula is C46H28N6. The van der Waals surface area contributed by atoms with Gasteiger partial charge in [-0.05, 0) is 54.6 Å². The first-order chi connectivity index (χ1) is 25.7. The smallest absolute Gasteiger partial charge is 0.164 e. The van der Waals surface area contributed by atoms with Crippen molar-refractivity contribution in [1.29, 1.82) is 5.26 Å². The molecule has 0 bridgehead atoms.